The molecule has 2 atom stereocenters. The molecule has 0 spiro atoms. The zero-order chi connectivity index (χ0) is 17.5. The third-order valence-corrected chi connectivity index (χ3v) is 4.71. The van der Waals surface area contributed by atoms with Gasteiger partial charge in [-0.2, -0.15) is 13.2 Å². The lowest BCUT2D eigenvalue weighted by Crippen LogP contribution is -2.39. The minimum absolute atomic E-state index is 0.298. The normalized spacial score (nSPS) is 23.7. The maximum absolute atomic E-state index is 12.8. The highest BCUT2D eigenvalue weighted by Crippen LogP contribution is 2.39. The standard InChI is InChI=1S/C17H14ClF3N2S/c1-16(11-6-8-13(18)9-7-11)14(22-15(24)23-16)10-2-4-12(5-3-10)17(19,20)21/h2-9,14H,1H3,(H2,22,23,24). The minimum Gasteiger partial charge on any atom is -0.353 e. The van der Waals surface area contributed by atoms with Crippen molar-refractivity contribution < 1.29 is 13.2 Å². The molecule has 1 aliphatic heterocycles. The summed E-state index contributed by atoms with van der Waals surface area (Å²) in [7, 11) is 0. The van der Waals surface area contributed by atoms with Gasteiger partial charge in [-0.3, -0.25) is 0 Å². The number of hydrogen-bond donors (Lipinski definition) is 2. The summed E-state index contributed by atoms with van der Waals surface area (Å²) >= 11 is 11.2. The van der Waals surface area contributed by atoms with Gasteiger partial charge in [0.15, 0.2) is 5.11 Å². The Bertz CT molecular complexity index is 759. The smallest absolute Gasteiger partial charge is 0.353 e. The molecule has 0 amide bonds. The lowest BCUT2D eigenvalue weighted by Gasteiger charge is -2.31. The Hall–Kier alpha value is -1.79. The molecule has 0 saturated carbocycles. The van der Waals surface area contributed by atoms with E-state index in [4.69, 9.17) is 23.8 Å². The SMILES string of the molecule is CC1(c2ccc(Cl)cc2)NC(=S)NC1c1ccc(C(F)(F)F)cc1. The highest BCUT2D eigenvalue weighted by atomic mass is 35.5. The van der Waals surface area contributed by atoms with Gasteiger partial charge >= 0.3 is 6.18 Å². The van der Waals surface area contributed by atoms with Crippen molar-refractivity contribution in [3.05, 3.63) is 70.2 Å². The van der Waals surface area contributed by atoms with Gasteiger partial charge in [0.2, 0.25) is 0 Å². The van der Waals surface area contributed by atoms with Gasteiger partial charge in [0, 0.05) is 5.02 Å². The molecule has 2 N–H and O–H groups in total. The molecule has 2 nitrogen and oxygen atoms in total. The van der Waals surface area contributed by atoms with Crippen molar-refractivity contribution in [2.45, 2.75) is 24.7 Å². The van der Waals surface area contributed by atoms with Crippen LogP contribution in [0.15, 0.2) is 48.5 Å². The predicted octanol–water partition coefficient (Wildman–Crippen LogP) is 4.79. The van der Waals surface area contributed by atoms with E-state index in [0.29, 0.717) is 15.7 Å². The molecule has 1 heterocycles. The Kier molecular flexibility index (Phi) is 4.21. The van der Waals surface area contributed by atoms with Gasteiger partial charge in [-0.1, -0.05) is 35.9 Å². The zero-order valence-corrected chi connectivity index (χ0v) is 14.2. The lowest BCUT2D eigenvalue weighted by atomic mass is 9.82. The van der Waals surface area contributed by atoms with E-state index in [1.807, 2.05) is 19.1 Å². The monoisotopic (exact) mass is 370 g/mol. The number of nitrogens with one attached hydrogen (secondary N) is 2. The van der Waals surface area contributed by atoms with Crippen molar-refractivity contribution >= 4 is 28.9 Å². The van der Waals surface area contributed by atoms with E-state index in [9.17, 15) is 13.2 Å². The Morgan fingerprint density at radius 3 is 2.17 bits per heavy atom. The van der Waals surface area contributed by atoms with Crippen molar-refractivity contribution in [2.75, 3.05) is 0 Å². The van der Waals surface area contributed by atoms with E-state index >= 15 is 0 Å². The molecule has 0 aromatic heterocycles. The maximum Gasteiger partial charge on any atom is 0.416 e. The minimum atomic E-state index is -4.35. The summed E-state index contributed by atoms with van der Waals surface area (Å²) in [5, 5.41) is 7.42. The van der Waals surface area contributed by atoms with E-state index in [-0.39, 0.29) is 6.04 Å². The van der Waals surface area contributed by atoms with Crippen molar-refractivity contribution in [3.8, 4) is 0 Å². The van der Waals surface area contributed by atoms with Crippen LogP contribution < -0.4 is 10.6 Å². The first-order chi connectivity index (χ1) is 11.2. The highest BCUT2D eigenvalue weighted by molar-refractivity contribution is 7.80. The Balaban J connectivity index is 1.99. The molecule has 3 rings (SSSR count). The van der Waals surface area contributed by atoms with Gasteiger partial charge < -0.3 is 10.6 Å². The molecule has 0 aliphatic carbocycles. The van der Waals surface area contributed by atoms with Crippen LogP contribution in [0.3, 0.4) is 0 Å². The molecule has 1 saturated heterocycles. The van der Waals surface area contributed by atoms with Gasteiger partial charge in [0.1, 0.15) is 0 Å². The number of thiocarbonyl (C=S) groups is 1. The highest BCUT2D eigenvalue weighted by Gasteiger charge is 2.43. The Morgan fingerprint density at radius 1 is 1.04 bits per heavy atom. The van der Waals surface area contributed by atoms with Crippen LogP contribution in [0.1, 0.15) is 29.7 Å². The third-order valence-electron chi connectivity index (χ3n) is 4.24. The van der Waals surface area contributed by atoms with Crippen LogP contribution in [0.4, 0.5) is 13.2 Å². The molecule has 0 radical (unpaired) electrons. The van der Waals surface area contributed by atoms with Crippen LogP contribution in [0, 0.1) is 0 Å². The molecular formula is C17H14ClF3N2S. The molecule has 2 aromatic rings. The summed E-state index contributed by atoms with van der Waals surface area (Å²) < 4.78 is 38.3. The Labute approximate surface area is 148 Å². The third kappa shape index (κ3) is 3.08. The van der Waals surface area contributed by atoms with Gasteiger partial charge in [0.05, 0.1) is 17.1 Å². The molecule has 1 fully saturated rings. The van der Waals surface area contributed by atoms with E-state index < -0.39 is 17.3 Å². The summed E-state index contributed by atoms with van der Waals surface area (Å²) in [6, 6.07) is 12.1. The summed E-state index contributed by atoms with van der Waals surface area (Å²) in [5.41, 5.74) is 0.381. The zero-order valence-electron chi connectivity index (χ0n) is 12.6. The summed E-state index contributed by atoms with van der Waals surface area (Å²) in [6.07, 6.45) is -4.35. The van der Waals surface area contributed by atoms with Crippen LogP contribution in [0.25, 0.3) is 0 Å². The summed E-state index contributed by atoms with van der Waals surface area (Å²) in [6.45, 7) is 1.95. The van der Waals surface area contributed by atoms with Gasteiger partial charge in [-0.15, -0.1) is 0 Å². The van der Waals surface area contributed by atoms with Crippen LogP contribution in [-0.4, -0.2) is 5.11 Å². The molecule has 0 bridgehead atoms. The van der Waals surface area contributed by atoms with Gasteiger partial charge in [-0.25, -0.2) is 0 Å². The van der Waals surface area contributed by atoms with Crippen molar-refractivity contribution in [3.63, 3.8) is 0 Å². The number of hydrogen-bond acceptors (Lipinski definition) is 1. The van der Waals surface area contributed by atoms with Gasteiger partial charge in [-0.05, 0) is 54.5 Å². The molecule has 24 heavy (non-hydrogen) atoms. The molecule has 126 valence electrons. The summed E-state index contributed by atoms with van der Waals surface area (Å²) in [5.74, 6) is 0. The largest absolute Gasteiger partial charge is 0.416 e. The topological polar surface area (TPSA) is 24.1 Å². The first-order valence-electron chi connectivity index (χ1n) is 7.22. The summed E-state index contributed by atoms with van der Waals surface area (Å²) in [4.78, 5) is 0. The quantitative estimate of drug-likeness (QED) is 0.743. The van der Waals surface area contributed by atoms with E-state index in [0.717, 1.165) is 17.7 Å². The fourth-order valence-corrected chi connectivity index (χ4v) is 3.39. The van der Waals surface area contributed by atoms with E-state index in [2.05, 4.69) is 10.6 Å². The van der Waals surface area contributed by atoms with E-state index in [1.54, 1.807) is 12.1 Å². The second-order valence-electron chi connectivity index (χ2n) is 5.86. The van der Waals surface area contributed by atoms with E-state index in [1.165, 1.54) is 12.1 Å². The first-order valence-corrected chi connectivity index (χ1v) is 8.01. The first kappa shape index (κ1) is 17.0. The lowest BCUT2D eigenvalue weighted by molar-refractivity contribution is -0.137. The van der Waals surface area contributed by atoms with Gasteiger partial charge in [0.25, 0.3) is 0 Å². The van der Waals surface area contributed by atoms with Crippen LogP contribution in [0.2, 0.25) is 5.02 Å². The van der Waals surface area contributed by atoms with Crippen molar-refractivity contribution in [1.29, 1.82) is 0 Å². The van der Waals surface area contributed by atoms with Crippen LogP contribution >= 0.6 is 23.8 Å². The Morgan fingerprint density at radius 2 is 1.62 bits per heavy atom. The number of rotatable bonds is 2. The molecule has 2 unspecified atom stereocenters. The second kappa shape index (κ2) is 5.93. The van der Waals surface area contributed by atoms with Crippen LogP contribution in [-0.2, 0) is 11.7 Å². The predicted molar refractivity (Wildman–Crippen MR) is 91.9 cm³/mol. The average Bonchev–Trinajstić information content (AvgIpc) is 2.83. The molecule has 1 aliphatic rings. The molecule has 7 heteroatoms. The molecule has 2 aromatic carbocycles. The second-order valence-corrected chi connectivity index (χ2v) is 6.71. The maximum atomic E-state index is 12.8. The van der Waals surface area contributed by atoms with Crippen LogP contribution in [0.5, 0.6) is 0 Å². The average molecular weight is 371 g/mol. The fourth-order valence-electron chi connectivity index (χ4n) is 2.94. The number of halogens is 4. The van der Waals surface area contributed by atoms with Crippen molar-refractivity contribution in [2.24, 2.45) is 0 Å². The number of benzene rings is 2. The fraction of sp³-hybridized carbons (Fsp3) is 0.235. The van der Waals surface area contributed by atoms with Crippen molar-refractivity contribution in [1.82, 2.24) is 10.6 Å². The number of alkyl halides is 3. The molecular weight excluding hydrogens is 357 g/mol.